The maximum Gasteiger partial charge on any atom is 0.418 e. The Kier molecular flexibility index (Phi) is 4.42. The van der Waals surface area contributed by atoms with Gasteiger partial charge in [-0.2, -0.15) is 0 Å². The van der Waals surface area contributed by atoms with Crippen LogP contribution in [0.2, 0.25) is 0 Å². The maximum atomic E-state index is 12.1. The first-order valence-electron chi connectivity index (χ1n) is 6.19. The van der Waals surface area contributed by atoms with Crippen molar-refractivity contribution in [3.63, 3.8) is 0 Å². The zero-order chi connectivity index (χ0) is 15.7. The second-order valence-electron chi connectivity index (χ2n) is 5.83. The second-order valence-corrected chi connectivity index (χ2v) is 5.83. The van der Waals surface area contributed by atoms with E-state index in [1.807, 2.05) is 0 Å². The molecule has 112 valence electrons. The van der Waals surface area contributed by atoms with E-state index in [9.17, 15) is 14.4 Å². The van der Waals surface area contributed by atoms with Crippen LogP contribution < -0.4 is 0 Å². The Bertz CT molecular complexity index is 462. The SMILES string of the molecule is CN(C)C=C1C[C@H](C(=O)O)N(C(=O)OC(C)(C)C)C1=O. The molecule has 7 heteroatoms. The van der Waals surface area contributed by atoms with Crippen molar-refractivity contribution in [3.8, 4) is 0 Å². The normalized spacial score (nSPS) is 21.2. The summed E-state index contributed by atoms with van der Waals surface area (Å²) < 4.78 is 5.09. The number of likely N-dealkylation sites (tertiary alicyclic amines) is 1. The standard InChI is InChI=1S/C13H20N2O5/c1-13(2,3)20-12(19)15-9(11(17)18)6-8(10(15)16)7-14(4)5/h7,9H,6H2,1-5H3,(H,17,18)/t9-/m1/s1. The highest BCUT2D eigenvalue weighted by molar-refractivity contribution is 6.08. The number of carbonyl (C=O) groups excluding carboxylic acids is 2. The number of nitrogens with zero attached hydrogens (tertiary/aromatic N) is 2. The van der Waals surface area contributed by atoms with Crippen molar-refractivity contribution in [2.75, 3.05) is 14.1 Å². The Balaban J connectivity index is 3.05. The number of hydrogen-bond acceptors (Lipinski definition) is 5. The number of carboxylic acids is 1. The number of rotatable bonds is 2. The van der Waals surface area contributed by atoms with Gasteiger partial charge >= 0.3 is 12.1 Å². The van der Waals surface area contributed by atoms with Crippen LogP contribution in [0.4, 0.5) is 4.79 Å². The zero-order valence-electron chi connectivity index (χ0n) is 12.3. The molecule has 1 heterocycles. The van der Waals surface area contributed by atoms with Gasteiger partial charge in [0.1, 0.15) is 11.6 Å². The van der Waals surface area contributed by atoms with Crippen LogP contribution in [0.5, 0.6) is 0 Å². The lowest BCUT2D eigenvalue weighted by Crippen LogP contribution is -2.45. The predicted octanol–water partition coefficient (Wildman–Crippen LogP) is 1.05. The van der Waals surface area contributed by atoms with Gasteiger partial charge in [-0.15, -0.1) is 0 Å². The number of amides is 2. The summed E-state index contributed by atoms with van der Waals surface area (Å²) in [5.41, 5.74) is -0.526. The first kappa shape index (κ1) is 16.0. The van der Waals surface area contributed by atoms with Gasteiger partial charge in [-0.05, 0) is 20.8 Å². The molecule has 0 spiro atoms. The van der Waals surface area contributed by atoms with Crippen LogP contribution in [-0.4, -0.2) is 58.6 Å². The summed E-state index contributed by atoms with van der Waals surface area (Å²) in [5.74, 6) is -1.85. The summed E-state index contributed by atoms with van der Waals surface area (Å²) in [6, 6.07) is -1.22. The smallest absolute Gasteiger partial charge is 0.418 e. The van der Waals surface area contributed by atoms with Gasteiger partial charge in [0.05, 0.1) is 0 Å². The number of aliphatic carboxylic acids is 1. The zero-order valence-corrected chi connectivity index (χ0v) is 12.3. The fourth-order valence-electron chi connectivity index (χ4n) is 1.82. The van der Waals surface area contributed by atoms with E-state index in [1.165, 1.54) is 6.20 Å². The van der Waals surface area contributed by atoms with Crippen molar-refractivity contribution in [2.45, 2.75) is 38.8 Å². The number of carboxylic acid groups (broad SMARTS) is 1. The largest absolute Gasteiger partial charge is 0.480 e. The van der Waals surface area contributed by atoms with Crippen LogP contribution in [0.3, 0.4) is 0 Å². The molecule has 1 N–H and O–H groups in total. The van der Waals surface area contributed by atoms with E-state index in [0.717, 1.165) is 0 Å². The minimum Gasteiger partial charge on any atom is -0.480 e. The van der Waals surface area contributed by atoms with E-state index < -0.39 is 29.6 Å². The molecular weight excluding hydrogens is 264 g/mol. The molecule has 0 aromatic rings. The Morgan fingerprint density at radius 3 is 2.35 bits per heavy atom. The minimum absolute atomic E-state index is 0.0222. The molecule has 0 aromatic carbocycles. The molecule has 20 heavy (non-hydrogen) atoms. The summed E-state index contributed by atoms with van der Waals surface area (Å²) >= 11 is 0. The van der Waals surface area contributed by atoms with Gasteiger partial charge < -0.3 is 14.7 Å². The average molecular weight is 284 g/mol. The Labute approximate surface area is 117 Å². The third-order valence-corrected chi connectivity index (χ3v) is 2.51. The van der Waals surface area contributed by atoms with Gasteiger partial charge in [-0.3, -0.25) is 4.79 Å². The molecule has 0 saturated carbocycles. The predicted molar refractivity (Wildman–Crippen MR) is 70.9 cm³/mol. The van der Waals surface area contributed by atoms with E-state index in [1.54, 1.807) is 39.8 Å². The Morgan fingerprint density at radius 2 is 1.95 bits per heavy atom. The van der Waals surface area contributed by atoms with Crippen LogP contribution in [0.1, 0.15) is 27.2 Å². The number of carbonyl (C=O) groups is 3. The molecule has 1 aliphatic heterocycles. The molecule has 1 saturated heterocycles. The van der Waals surface area contributed by atoms with Crippen molar-refractivity contribution in [3.05, 3.63) is 11.8 Å². The van der Waals surface area contributed by atoms with Crippen molar-refractivity contribution >= 4 is 18.0 Å². The first-order chi connectivity index (χ1) is 9.03. The summed E-state index contributed by atoms with van der Waals surface area (Å²) in [6.07, 6.45) is 0.561. The molecule has 0 bridgehead atoms. The molecule has 1 rings (SSSR count). The van der Waals surface area contributed by atoms with Crippen LogP contribution in [0, 0.1) is 0 Å². The minimum atomic E-state index is -1.23. The lowest BCUT2D eigenvalue weighted by molar-refractivity contribution is -0.145. The highest BCUT2D eigenvalue weighted by Gasteiger charge is 2.45. The molecule has 0 aliphatic carbocycles. The molecule has 1 atom stereocenters. The number of hydrogen-bond donors (Lipinski definition) is 1. The summed E-state index contributed by atoms with van der Waals surface area (Å²) in [5, 5.41) is 9.16. The maximum absolute atomic E-state index is 12.1. The lowest BCUT2D eigenvalue weighted by atomic mass is 10.1. The second kappa shape index (κ2) is 5.52. The Morgan fingerprint density at radius 1 is 1.40 bits per heavy atom. The summed E-state index contributed by atoms with van der Waals surface area (Å²) in [6.45, 7) is 4.95. The van der Waals surface area contributed by atoms with Gasteiger partial charge in [0, 0.05) is 32.3 Å². The summed E-state index contributed by atoms with van der Waals surface area (Å²) in [4.78, 5) is 37.7. The van der Waals surface area contributed by atoms with E-state index >= 15 is 0 Å². The highest BCUT2D eigenvalue weighted by atomic mass is 16.6. The molecule has 0 radical (unpaired) electrons. The topological polar surface area (TPSA) is 87.2 Å². The van der Waals surface area contributed by atoms with Crippen molar-refractivity contribution in [1.82, 2.24) is 9.80 Å². The molecule has 2 amide bonds. The van der Waals surface area contributed by atoms with E-state index in [4.69, 9.17) is 9.84 Å². The van der Waals surface area contributed by atoms with Crippen molar-refractivity contribution < 1.29 is 24.2 Å². The van der Waals surface area contributed by atoms with Crippen LogP contribution in [0.15, 0.2) is 11.8 Å². The van der Waals surface area contributed by atoms with Gasteiger partial charge in [0.2, 0.25) is 0 Å². The van der Waals surface area contributed by atoms with Crippen LogP contribution in [0.25, 0.3) is 0 Å². The molecule has 0 aromatic heterocycles. The van der Waals surface area contributed by atoms with Crippen LogP contribution in [-0.2, 0) is 14.3 Å². The van der Waals surface area contributed by atoms with Crippen molar-refractivity contribution in [1.29, 1.82) is 0 Å². The average Bonchev–Trinajstić information content (AvgIpc) is 2.53. The van der Waals surface area contributed by atoms with Crippen molar-refractivity contribution in [2.24, 2.45) is 0 Å². The monoisotopic (exact) mass is 284 g/mol. The molecule has 7 nitrogen and oxygen atoms in total. The number of ether oxygens (including phenoxy) is 1. The molecule has 1 fully saturated rings. The highest BCUT2D eigenvalue weighted by Crippen LogP contribution is 2.26. The Hall–Kier alpha value is -2.05. The van der Waals surface area contributed by atoms with E-state index in [-0.39, 0.29) is 12.0 Å². The number of imide groups is 1. The van der Waals surface area contributed by atoms with Gasteiger partial charge in [-0.1, -0.05) is 0 Å². The quantitative estimate of drug-likeness (QED) is 0.763. The third-order valence-electron chi connectivity index (χ3n) is 2.51. The van der Waals surface area contributed by atoms with E-state index in [2.05, 4.69) is 0 Å². The van der Waals surface area contributed by atoms with Gasteiger partial charge in [0.25, 0.3) is 5.91 Å². The van der Waals surface area contributed by atoms with E-state index in [0.29, 0.717) is 4.90 Å². The van der Waals surface area contributed by atoms with Gasteiger partial charge in [-0.25, -0.2) is 14.5 Å². The fourth-order valence-corrected chi connectivity index (χ4v) is 1.82. The summed E-state index contributed by atoms with van der Waals surface area (Å²) in [7, 11) is 3.43. The molecule has 0 unspecified atom stereocenters. The first-order valence-corrected chi connectivity index (χ1v) is 6.19. The third kappa shape index (κ3) is 3.72. The van der Waals surface area contributed by atoms with Gasteiger partial charge in [0.15, 0.2) is 0 Å². The fraction of sp³-hybridized carbons (Fsp3) is 0.615. The molecule has 1 aliphatic rings. The lowest BCUT2D eigenvalue weighted by Gasteiger charge is -2.25. The van der Waals surface area contributed by atoms with Crippen LogP contribution >= 0.6 is 0 Å². The molecular formula is C13H20N2O5.